The molecule has 2 unspecified atom stereocenters. The van der Waals surface area contributed by atoms with Gasteiger partial charge >= 0.3 is 0 Å². The van der Waals surface area contributed by atoms with E-state index in [0.29, 0.717) is 16.9 Å². The number of hydrogen-bond donors (Lipinski definition) is 1. The molecule has 2 rings (SSSR count). The lowest BCUT2D eigenvalue weighted by Gasteiger charge is -2.39. The fourth-order valence-electron chi connectivity index (χ4n) is 3.98. The smallest absolute Gasteiger partial charge is 0.239 e. The molecule has 2 bridgehead atoms. The summed E-state index contributed by atoms with van der Waals surface area (Å²) in [5, 5.41) is 0. The average Bonchev–Trinajstić information content (AvgIpc) is 2.33. The topological polar surface area (TPSA) is 46.3 Å². The van der Waals surface area contributed by atoms with Gasteiger partial charge in [0.15, 0.2) is 0 Å². The van der Waals surface area contributed by atoms with Gasteiger partial charge < -0.3 is 10.6 Å². The first-order valence-electron chi connectivity index (χ1n) is 6.29. The Labute approximate surface area is 98.4 Å². The van der Waals surface area contributed by atoms with Crippen LogP contribution in [0.3, 0.4) is 0 Å². The maximum absolute atomic E-state index is 12.0. The van der Waals surface area contributed by atoms with E-state index < -0.39 is 0 Å². The van der Waals surface area contributed by atoms with Gasteiger partial charge in [-0.1, -0.05) is 20.8 Å². The zero-order valence-electron chi connectivity index (χ0n) is 10.9. The molecule has 0 aromatic rings. The third kappa shape index (κ3) is 1.97. The molecule has 1 heterocycles. The van der Waals surface area contributed by atoms with Gasteiger partial charge in [-0.15, -0.1) is 0 Å². The van der Waals surface area contributed by atoms with Crippen molar-refractivity contribution in [3.63, 3.8) is 0 Å². The van der Waals surface area contributed by atoms with Gasteiger partial charge in [0.2, 0.25) is 5.91 Å². The minimum absolute atomic E-state index is 0.131. The molecule has 3 nitrogen and oxygen atoms in total. The van der Waals surface area contributed by atoms with Crippen molar-refractivity contribution >= 4 is 5.91 Å². The van der Waals surface area contributed by atoms with E-state index in [2.05, 4.69) is 20.8 Å². The zero-order valence-corrected chi connectivity index (χ0v) is 10.9. The van der Waals surface area contributed by atoms with Crippen LogP contribution in [0.4, 0.5) is 0 Å². The number of hydrogen-bond acceptors (Lipinski definition) is 2. The van der Waals surface area contributed by atoms with Crippen LogP contribution in [0.15, 0.2) is 0 Å². The minimum Gasteiger partial charge on any atom is -0.338 e. The number of nitrogens with two attached hydrogens (primary N) is 1. The van der Waals surface area contributed by atoms with E-state index in [1.807, 2.05) is 4.90 Å². The number of carbonyl (C=O) groups is 1. The SMILES string of the molecule is C[C@@H](N)C(=O)N1CC2(C)CC1CC(C)(C)C2. The molecule has 0 aromatic heterocycles. The van der Waals surface area contributed by atoms with Crippen molar-refractivity contribution in [1.29, 1.82) is 0 Å². The summed E-state index contributed by atoms with van der Waals surface area (Å²) in [6.07, 6.45) is 3.51. The van der Waals surface area contributed by atoms with Crippen LogP contribution in [0.5, 0.6) is 0 Å². The zero-order chi connectivity index (χ0) is 12.1. The van der Waals surface area contributed by atoms with Crippen molar-refractivity contribution in [2.75, 3.05) is 6.54 Å². The molecule has 0 spiro atoms. The molecule has 16 heavy (non-hydrogen) atoms. The van der Waals surface area contributed by atoms with E-state index in [4.69, 9.17) is 5.73 Å². The number of nitrogens with zero attached hydrogens (tertiary/aromatic N) is 1. The molecule has 2 fully saturated rings. The molecule has 1 amide bonds. The highest BCUT2D eigenvalue weighted by atomic mass is 16.2. The van der Waals surface area contributed by atoms with E-state index in [-0.39, 0.29) is 11.9 Å². The first-order chi connectivity index (χ1) is 7.22. The molecule has 3 atom stereocenters. The molecule has 0 aromatic carbocycles. The third-order valence-electron chi connectivity index (χ3n) is 4.09. The van der Waals surface area contributed by atoms with Gasteiger partial charge in [0.05, 0.1) is 6.04 Å². The Kier molecular flexibility index (Phi) is 2.57. The highest BCUT2D eigenvalue weighted by molar-refractivity contribution is 5.82. The van der Waals surface area contributed by atoms with Crippen molar-refractivity contribution < 1.29 is 4.79 Å². The number of carbonyl (C=O) groups excluding carboxylic acids is 1. The van der Waals surface area contributed by atoms with Crippen molar-refractivity contribution in [2.24, 2.45) is 16.6 Å². The quantitative estimate of drug-likeness (QED) is 0.737. The standard InChI is InChI=1S/C13H24N2O/c1-9(14)11(16)15-8-13(4)6-10(15)5-12(2,3)7-13/h9-10H,5-8,14H2,1-4H3/t9-,10?,13?/m1/s1. The van der Waals surface area contributed by atoms with E-state index in [1.165, 1.54) is 6.42 Å². The predicted molar refractivity (Wildman–Crippen MR) is 64.9 cm³/mol. The normalized spacial score (nSPS) is 38.6. The van der Waals surface area contributed by atoms with Gasteiger partial charge in [-0.25, -0.2) is 0 Å². The van der Waals surface area contributed by atoms with Gasteiger partial charge in [0.1, 0.15) is 0 Å². The van der Waals surface area contributed by atoms with Crippen LogP contribution < -0.4 is 5.73 Å². The van der Waals surface area contributed by atoms with Crippen LogP contribution >= 0.6 is 0 Å². The number of rotatable bonds is 1. The van der Waals surface area contributed by atoms with E-state index in [1.54, 1.807) is 6.92 Å². The molecule has 2 aliphatic rings. The average molecular weight is 224 g/mol. The minimum atomic E-state index is -0.355. The van der Waals surface area contributed by atoms with Gasteiger partial charge in [0, 0.05) is 12.6 Å². The number of amides is 1. The van der Waals surface area contributed by atoms with Crippen molar-refractivity contribution in [3.8, 4) is 0 Å². The van der Waals surface area contributed by atoms with E-state index >= 15 is 0 Å². The number of likely N-dealkylation sites (tertiary alicyclic amines) is 1. The molecule has 0 radical (unpaired) electrons. The first-order valence-corrected chi connectivity index (χ1v) is 6.29. The van der Waals surface area contributed by atoms with Gasteiger partial charge in [-0.2, -0.15) is 0 Å². The van der Waals surface area contributed by atoms with Crippen LogP contribution in [0, 0.1) is 10.8 Å². The Bertz CT molecular complexity index is 311. The molecular weight excluding hydrogens is 200 g/mol. The fourth-order valence-corrected chi connectivity index (χ4v) is 3.98. The summed E-state index contributed by atoms with van der Waals surface area (Å²) in [5.74, 6) is 0.131. The Morgan fingerprint density at radius 1 is 1.38 bits per heavy atom. The molecule has 3 heteroatoms. The van der Waals surface area contributed by atoms with Gasteiger partial charge in [-0.05, 0) is 37.0 Å². The summed E-state index contributed by atoms with van der Waals surface area (Å²) >= 11 is 0. The molecule has 92 valence electrons. The second kappa shape index (κ2) is 3.46. The second-order valence-electron chi connectivity index (χ2n) is 6.97. The molecule has 1 aliphatic carbocycles. The van der Waals surface area contributed by atoms with Crippen molar-refractivity contribution in [1.82, 2.24) is 4.90 Å². The van der Waals surface area contributed by atoms with Crippen LogP contribution in [0.1, 0.15) is 47.0 Å². The molecule has 1 aliphatic heterocycles. The first kappa shape index (κ1) is 11.9. The summed E-state index contributed by atoms with van der Waals surface area (Å²) < 4.78 is 0. The third-order valence-corrected chi connectivity index (χ3v) is 4.09. The summed E-state index contributed by atoms with van der Waals surface area (Å²) in [6, 6.07) is 0.0679. The summed E-state index contributed by atoms with van der Waals surface area (Å²) in [6.45, 7) is 9.64. The lowest BCUT2D eigenvalue weighted by atomic mass is 9.65. The molecular formula is C13H24N2O. The largest absolute Gasteiger partial charge is 0.338 e. The number of fused-ring (bicyclic) bond motifs is 2. The van der Waals surface area contributed by atoms with Crippen molar-refractivity contribution in [3.05, 3.63) is 0 Å². The monoisotopic (exact) mass is 224 g/mol. The summed E-state index contributed by atoms with van der Waals surface area (Å²) in [5.41, 5.74) is 6.40. The summed E-state index contributed by atoms with van der Waals surface area (Å²) in [4.78, 5) is 14.1. The van der Waals surface area contributed by atoms with E-state index in [9.17, 15) is 4.79 Å². The Morgan fingerprint density at radius 2 is 2.00 bits per heavy atom. The van der Waals surface area contributed by atoms with Crippen LogP contribution in [-0.4, -0.2) is 29.4 Å². The highest BCUT2D eigenvalue weighted by Gasteiger charge is 2.51. The fraction of sp³-hybridized carbons (Fsp3) is 0.923. The van der Waals surface area contributed by atoms with E-state index in [0.717, 1.165) is 19.4 Å². The Balaban J connectivity index is 2.19. The summed E-state index contributed by atoms with van der Waals surface area (Å²) in [7, 11) is 0. The van der Waals surface area contributed by atoms with Crippen LogP contribution in [-0.2, 0) is 4.79 Å². The predicted octanol–water partition coefficient (Wildman–Crippen LogP) is 1.76. The lowest BCUT2D eigenvalue weighted by molar-refractivity contribution is -0.133. The highest BCUT2D eigenvalue weighted by Crippen LogP contribution is 2.52. The van der Waals surface area contributed by atoms with Crippen molar-refractivity contribution in [2.45, 2.75) is 59.0 Å². The molecule has 2 N–H and O–H groups in total. The second-order valence-corrected chi connectivity index (χ2v) is 6.97. The Hall–Kier alpha value is -0.570. The lowest BCUT2D eigenvalue weighted by Crippen LogP contribution is -2.45. The van der Waals surface area contributed by atoms with Crippen LogP contribution in [0.25, 0.3) is 0 Å². The Morgan fingerprint density at radius 3 is 2.56 bits per heavy atom. The maximum atomic E-state index is 12.0. The molecule has 1 saturated carbocycles. The van der Waals surface area contributed by atoms with Gasteiger partial charge in [-0.3, -0.25) is 4.79 Å². The van der Waals surface area contributed by atoms with Crippen LogP contribution in [0.2, 0.25) is 0 Å². The van der Waals surface area contributed by atoms with Gasteiger partial charge in [0.25, 0.3) is 0 Å². The maximum Gasteiger partial charge on any atom is 0.239 e. The molecule has 1 saturated heterocycles.